The summed E-state index contributed by atoms with van der Waals surface area (Å²) < 4.78 is 18.7. The number of imide groups is 1. The van der Waals surface area contributed by atoms with Crippen molar-refractivity contribution in [3.05, 3.63) is 65.0 Å². The van der Waals surface area contributed by atoms with Crippen LogP contribution in [0, 0.1) is 5.82 Å². The standard InChI is InChI=1S/C22H23FN2O4/c1-13(2)14-5-8-16(9-6-14)22(3)20(27)25(21(28)24-22)12-18(26)15-7-10-19(29-4)17(23)11-15/h5-11,13H,12H2,1-4H3,(H,24,28)/t22-/m0/s1. The number of hydrogen-bond acceptors (Lipinski definition) is 4. The van der Waals surface area contributed by atoms with Gasteiger partial charge in [-0.1, -0.05) is 38.1 Å². The molecule has 2 aromatic rings. The van der Waals surface area contributed by atoms with Crippen LogP contribution in [0.3, 0.4) is 0 Å². The van der Waals surface area contributed by atoms with E-state index in [0.717, 1.165) is 16.5 Å². The molecule has 0 saturated carbocycles. The molecule has 7 heteroatoms. The van der Waals surface area contributed by atoms with Crippen molar-refractivity contribution in [3.63, 3.8) is 0 Å². The number of hydrogen-bond donors (Lipinski definition) is 1. The topological polar surface area (TPSA) is 75.7 Å². The van der Waals surface area contributed by atoms with Gasteiger partial charge >= 0.3 is 6.03 Å². The van der Waals surface area contributed by atoms with E-state index in [1.165, 1.54) is 19.2 Å². The first-order chi connectivity index (χ1) is 13.7. The van der Waals surface area contributed by atoms with Gasteiger partial charge in [-0.2, -0.15) is 0 Å². The van der Waals surface area contributed by atoms with E-state index >= 15 is 0 Å². The van der Waals surface area contributed by atoms with E-state index in [1.54, 1.807) is 19.1 Å². The van der Waals surface area contributed by atoms with Crippen molar-refractivity contribution in [2.24, 2.45) is 0 Å². The van der Waals surface area contributed by atoms with Gasteiger partial charge in [-0.05, 0) is 42.2 Å². The molecule has 2 aromatic carbocycles. The second-order valence-electron chi connectivity index (χ2n) is 7.50. The Morgan fingerprint density at radius 2 is 1.83 bits per heavy atom. The zero-order valence-corrected chi connectivity index (χ0v) is 16.8. The molecule has 1 aliphatic heterocycles. The minimum Gasteiger partial charge on any atom is -0.494 e. The maximum absolute atomic E-state index is 13.9. The van der Waals surface area contributed by atoms with Crippen molar-refractivity contribution in [1.29, 1.82) is 0 Å². The fourth-order valence-electron chi connectivity index (χ4n) is 3.31. The lowest BCUT2D eigenvalue weighted by Gasteiger charge is -2.22. The second kappa shape index (κ2) is 7.66. The molecule has 0 spiro atoms. The zero-order chi connectivity index (χ0) is 21.3. The van der Waals surface area contributed by atoms with Crippen molar-refractivity contribution in [1.82, 2.24) is 10.2 Å². The van der Waals surface area contributed by atoms with Crippen LogP contribution >= 0.6 is 0 Å². The van der Waals surface area contributed by atoms with Gasteiger partial charge in [0.15, 0.2) is 17.3 Å². The van der Waals surface area contributed by atoms with Gasteiger partial charge < -0.3 is 10.1 Å². The minimum absolute atomic E-state index is 0.00830. The van der Waals surface area contributed by atoms with Crippen molar-refractivity contribution in [3.8, 4) is 5.75 Å². The van der Waals surface area contributed by atoms with Crippen molar-refractivity contribution >= 4 is 17.7 Å². The summed E-state index contributed by atoms with van der Waals surface area (Å²) in [5, 5.41) is 2.67. The Balaban J connectivity index is 1.81. The Bertz CT molecular complexity index is 971. The average molecular weight is 398 g/mol. The fraction of sp³-hybridized carbons (Fsp3) is 0.318. The van der Waals surface area contributed by atoms with Gasteiger partial charge in [-0.3, -0.25) is 14.5 Å². The predicted molar refractivity (Wildman–Crippen MR) is 105 cm³/mol. The quantitative estimate of drug-likeness (QED) is 0.596. The molecule has 152 valence electrons. The SMILES string of the molecule is COc1ccc(C(=O)CN2C(=O)N[C@@](C)(c3ccc(C(C)C)cc3)C2=O)cc1F. The molecule has 3 amide bonds. The van der Waals surface area contributed by atoms with Gasteiger partial charge in [0.2, 0.25) is 0 Å². The molecule has 1 atom stereocenters. The van der Waals surface area contributed by atoms with Crippen LogP contribution in [0.15, 0.2) is 42.5 Å². The first-order valence-corrected chi connectivity index (χ1v) is 9.28. The molecule has 0 unspecified atom stereocenters. The maximum Gasteiger partial charge on any atom is 0.325 e. The van der Waals surface area contributed by atoms with Crippen LogP contribution in [-0.2, 0) is 10.3 Å². The summed E-state index contributed by atoms with van der Waals surface area (Å²) in [4.78, 5) is 38.8. The summed E-state index contributed by atoms with van der Waals surface area (Å²) in [5.74, 6) is -1.42. The summed E-state index contributed by atoms with van der Waals surface area (Å²) in [6, 6.07) is 10.5. The Morgan fingerprint density at radius 3 is 2.38 bits per heavy atom. The molecule has 3 rings (SSSR count). The van der Waals surface area contributed by atoms with Gasteiger partial charge in [-0.15, -0.1) is 0 Å². The van der Waals surface area contributed by atoms with E-state index in [9.17, 15) is 18.8 Å². The number of amides is 3. The van der Waals surface area contributed by atoms with Crippen molar-refractivity contribution in [2.45, 2.75) is 32.2 Å². The molecule has 0 aromatic heterocycles. The largest absolute Gasteiger partial charge is 0.494 e. The third kappa shape index (κ3) is 3.72. The zero-order valence-electron chi connectivity index (χ0n) is 16.8. The molecule has 29 heavy (non-hydrogen) atoms. The Morgan fingerprint density at radius 1 is 1.17 bits per heavy atom. The lowest BCUT2D eigenvalue weighted by Crippen LogP contribution is -2.41. The number of nitrogens with zero attached hydrogens (tertiary/aromatic N) is 1. The maximum atomic E-state index is 13.9. The third-order valence-electron chi connectivity index (χ3n) is 5.21. The van der Waals surface area contributed by atoms with E-state index in [2.05, 4.69) is 19.2 Å². The summed E-state index contributed by atoms with van der Waals surface area (Å²) in [6.45, 7) is 5.26. The lowest BCUT2D eigenvalue weighted by atomic mass is 9.90. The van der Waals surface area contributed by atoms with E-state index in [1.807, 2.05) is 12.1 Å². The Labute approximate surface area is 168 Å². The van der Waals surface area contributed by atoms with Crippen LogP contribution < -0.4 is 10.1 Å². The Kier molecular flexibility index (Phi) is 5.42. The number of ketones is 1. The number of carbonyl (C=O) groups excluding carboxylic acids is 3. The number of carbonyl (C=O) groups is 3. The molecule has 1 fully saturated rings. The number of ether oxygens (including phenoxy) is 1. The number of Topliss-reactive ketones (excluding diaryl/α,β-unsaturated/α-hetero) is 1. The number of benzene rings is 2. The van der Waals surface area contributed by atoms with Gasteiger partial charge in [0.1, 0.15) is 5.54 Å². The third-order valence-corrected chi connectivity index (χ3v) is 5.21. The molecular formula is C22H23FN2O4. The molecule has 1 saturated heterocycles. The fourth-order valence-corrected chi connectivity index (χ4v) is 3.31. The molecule has 1 N–H and O–H groups in total. The summed E-state index contributed by atoms with van der Waals surface area (Å²) in [7, 11) is 1.32. The molecule has 1 heterocycles. The highest BCUT2D eigenvalue weighted by molar-refractivity contribution is 6.11. The predicted octanol–water partition coefficient (Wildman–Crippen LogP) is 3.61. The highest BCUT2D eigenvalue weighted by atomic mass is 19.1. The van der Waals surface area contributed by atoms with E-state index in [-0.39, 0.29) is 11.3 Å². The molecule has 6 nitrogen and oxygen atoms in total. The molecule has 0 aliphatic carbocycles. The highest BCUT2D eigenvalue weighted by Gasteiger charge is 2.49. The lowest BCUT2D eigenvalue weighted by molar-refractivity contribution is -0.130. The first-order valence-electron chi connectivity index (χ1n) is 9.28. The highest BCUT2D eigenvalue weighted by Crippen LogP contribution is 2.30. The van der Waals surface area contributed by atoms with Gasteiger partial charge in [0, 0.05) is 5.56 Å². The van der Waals surface area contributed by atoms with E-state index in [0.29, 0.717) is 11.5 Å². The van der Waals surface area contributed by atoms with Crippen LogP contribution in [0.1, 0.15) is 48.2 Å². The number of halogens is 1. The number of rotatable bonds is 6. The summed E-state index contributed by atoms with van der Waals surface area (Å²) in [6.07, 6.45) is 0. The first kappa shape index (κ1) is 20.5. The van der Waals surface area contributed by atoms with Crippen LogP contribution in [0.5, 0.6) is 5.75 Å². The van der Waals surface area contributed by atoms with Crippen molar-refractivity contribution in [2.75, 3.05) is 13.7 Å². The van der Waals surface area contributed by atoms with Crippen LogP contribution in [0.25, 0.3) is 0 Å². The monoisotopic (exact) mass is 398 g/mol. The van der Waals surface area contributed by atoms with Gasteiger partial charge in [-0.25, -0.2) is 9.18 Å². The average Bonchev–Trinajstić information content (AvgIpc) is 2.91. The summed E-state index contributed by atoms with van der Waals surface area (Å²) >= 11 is 0. The summed E-state index contributed by atoms with van der Waals surface area (Å²) in [5.41, 5.74) is 0.532. The van der Waals surface area contributed by atoms with E-state index in [4.69, 9.17) is 4.74 Å². The number of urea groups is 1. The van der Waals surface area contributed by atoms with Gasteiger partial charge in [0.25, 0.3) is 5.91 Å². The Hall–Kier alpha value is -3.22. The van der Waals surface area contributed by atoms with Crippen LogP contribution in [0.4, 0.5) is 9.18 Å². The molecular weight excluding hydrogens is 375 g/mol. The van der Waals surface area contributed by atoms with Gasteiger partial charge in [0.05, 0.1) is 13.7 Å². The second-order valence-corrected chi connectivity index (χ2v) is 7.50. The molecule has 0 bridgehead atoms. The van der Waals surface area contributed by atoms with Crippen LogP contribution in [-0.4, -0.2) is 36.3 Å². The normalized spacial score (nSPS) is 18.9. The molecule has 0 radical (unpaired) electrons. The van der Waals surface area contributed by atoms with E-state index < -0.39 is 35.6 Å². The number of nitrogens with one attached hydrogen (secondary N) is 1. The van der Waals surface area contributed by atoms with Crippen LogP contribution in [0.2, 0.25) is 0 Å². The smallest absolute Gasteiger partial charge is 0.325 e. The van der Waals surface area contributed by atoms with Crippen molar-refractivity contribution < 1.29 is 23.5 Å². The number of methoxy groups -OCH3 is 1. The molecule has 1 aliphatic rings. The minimum atomic E-state index is -1.27.